The number of phenolic OH excluding ortho intramolecular Hbond substituents is 1. The molecule has 2 aromatic heterocycles. The SMILES string of the molecule is COCC(Cc1ccc(O)cc1)NC(=O)c1cc(C(=O)O)c2cc(CCc3cccnc3)ccc2n1. The van der Waals surface area contributed by atoms with Crippen molar-refractivity contribution in [2.45, 2.75) is 25.3 Å². The highest BCUT2D eigenvalue weighted by molar-refractivity contribution is 6.06. The number of ether oxygens (including phenoxy) is 1. The molecule has 1 atom stereocenters. The highest BCUT2D eigenvalue weighted by atomic mass is 16.5. The maximum absolute atomic E-state index is 13.1. The summed E-state index contributed by atoms with van der Waals surface area (Å²) in [6.45, 7) is 0.256. The fourth-order valence-electron chi connectivity index (χ4n) is 4.09. The van der Waals surface area contributed by atoms with E-state index in [1.807, 2.05) is 30.5 Å². The van der Waals surface area contributed by atoms with E-state index in [2.05, 4.69) is 15.3 Å². The number of nitrogens with zero attached hydrogens (tertiary/aromatic N) is 2. The lowest BCUT2D eigenvalue weighted by atomic mass is 10.0. The third kappa shape index (κ3) is 6.22. The fourth-order valence-corrected chi connectivity index (χ4v) is 4.09. The van der Waals surface area contributed by atoms with Crippen molar-refractivity contribution in [2.24, 2.45) is 0 Å². The molecule has 1 amide bonds. The normalized spacial score (nSPS) is 11.8. The number of aromatic nitrogens is 2. The number of aromatic carboxylic acids is 1. The number of carbonyl (C=O) groups is 2. The molecular weight excluding hydrogens is 458 g/mol. The van der Waals surface area contributed by atoms with Crippen LogP contribution in [0, 0.1) is 0 Å². The van der Waals surface area contributed by atoms with Crippen LogP contribution in [0.4, 0.5) is 0 Å². The predicted octanol–water partition coefficient (Wildman–Crippen LogP) is 3.81. The second-order valence-corrected chi connectivity index (χ2v) is 8.57. The Kier molecular flexibility index (Phi) is 7.87. The Labute approximate surface area is 208 Å². The number of aryl methyl sites for hydroxylation is 2. The molecule has 0 aliphatic heterocycles. The van der Waals surface area contributed by atoms with Crippen LogP contribution in [0.1, 0.15) is 37.5 Å². The number of carboxylic acids is 1. The second-order valence-electron chi connectivity index (χ2n) is 8.57. The number of aromatic hydroxyl groups is 1. The van der Waals surface area contributed by atoms with Gasteiger partial charge in [-0.1, -0.05) is 24.3 Å². The van der Waals surface area contributed by atoms with Gasteiger partial charge < -0.3 is 20.3 Å². The van der Waals surface area contributed by atoms with Crippen LogP contribution in [0.25, 0.3) is 10.9 Å². The molecule has 0 spiro atoms. The number of carbonyl (C=O) groups excluding carboxylic acids is 1. The first-order valence-electron chi connectivity index (χ1n) is 11.6. The van der Waals surface area contributed by atoms with Crippen LogP contribution in [-0.2, 0) is 24.0 Å². The molecule has 36 heavy (non-hydrogen) atoms. The quantitative estimate of drug-likeness (QED) is 0.312. The molecule has 0 fully saturated rings. The van der Waals surface area contributed by atoms with Gasteiger partial charge in [0.15, 0.2) is 0 Å². The Balaban J connectivity index is 1.55. The summed E-state index contributed by atoms with van der Waals surface area (Å²) in [7, 11) is 1.54. The van der Waals surface area contributed by atoms with E-state index < -0.39 is 11.9 Å². The van der Waals surface area contributed by atoms with E-state index in [0.29, 0.717) is 17.3 Å². The molecule has 184 valence electrons. The van der Waals surface area contributed by atoms with Crippen LogP contribution in [0.3, 0.4) is 0 Å². The summed E-state index contributed by atoms with van der Waals surface area (Å²) in [4.78, 5) is 33.7. The van der Waals surface area contributed by atoms with Crippen LogP contribution in [0.5, 0.6) is 5.75 Å². The summed E-state index contributed by atoms with van der Waals surface area (Å²) in [5.41, 5.74) is 3.46. The van der Waals surface area contributed by atoms with Crippen LogP contribution >= 0.6 is 0 Å². The summed E-state index contributed by atoms with van der Waals surface area (Å²) in [5, 5.41) is 22.7. The third-order valence-electron chi connectivity index (χ3n) is 5.88. The largest absolute Gasteiger partial charge is 0.508 e. The average Bonchev–Trinajstić information content (AvgIpc) is 2.88. The molecule has 0 aliphatic carbocycles. The van der Waals surface area contributed by atoms with Gasteiger partial charge in [-0.05, 0) is 72.4 Å². The molecule has 8 heteroatoms. The van der Waals surface area contributed by atoms with Crippen molar-refractivity contribution in [1.82, 2.24) is 15.3 Å². The van der Waals surface area contributed by atoms with Gasteiger partial charge in [-0.3, -0.25) is 9.78 Å². The number of amides is 1. The van der Waals surface area contributed by atoms with E-state index in [9.17, 15) is 19.8 Å². The number of methoxy groups -OCH3 is 1. The summed E-state index contributed by atoms with van der Waals surface area (Å²) < 4.78 is 5.25. The lowest BCUT2D eigenvalue weighted by Crippen LogP contribution is -2.40. The first-order valence-corrected chi connectivity index (χ1v) is 11.6. The Morgan fingerprint density at radius 3 is 2.44 bits per heavy atom. The molecule has 0 aliphatic rings. The number of rotatable bonds is 10. The minimum atomic E-state index is -1.13. The molecule has 8 nitrogen and oxygen atoms in total. The zero-order valence-electron chi connectivity index (χ0n) is 19.8. The van der Waals surface area contributed by atoms with E-state index in [-0.39, 0.29) is 29.7 Å². The van der Waals surface area contributed by atoms with Gasteiger partial charge in [-0.25, -0.2) is 9.78 Å². The van der Waals surface area contributed by atoms with Gasteiger partial charge in [0.25, 0.3) is 5.91 Å². The van der Waals surface area contributed by atoms with E-state index in [1.54, 1.807) is 43.6 Å². The summed E-state index contributed by atoms with van der Waals surface area (Å²) >= 11 is 0. The van der Waals surface area contributed by atoms with Crippen molar-refractivity contribution in [2.75, 3.05) is 13.7 Å². The molecule has 4 aromatic rings. The van der Waals surface area contributed by atoms with Crippen molar-refractivity contribution in [1.29, 1.82) is 0 Å². The van der Waals surface area contributed by atoms with Crippen molar-refractivity contribution >= 4 is 22.8 Å². The molecule has 0 radical (unpaired) electrons. The van der Waals surface area contributed by atoms with Crippen molar-refractivity contribution < 1.29 is 24.5 Å². The summed E-state index contributed by atoms with van der Waals surface area (Å²) in [5.74, 6) is -1.45. The lowest BCUT2D eigenvalue weighted by molar-refractivity contribution is 0.0699. The van der Waals surface area contributed by atoms with Gasteiger partial charge in [-0.15, -0.1) is 0 Å². The standard InChI is InChI=1S/C28H27N3O5/c1-36-17-21(13-18-6-9-22(32)10-7-18)30-27(33)26-15-24(28(34)35)23-14-19(8-11-25(23)31-26)4-5-20-3-2-12-29-16-20/h2-3,6-12,14-16,21,32H,4-5,13,17H2,1H3,(H,30,33)(H,34,35). The molecule has 0 saturated heterocycles. The van der Waals surface area contributed by atoms with Crippen LogP contribution < -0.4 is 5.32 Å². The zero-order valence-corrected chi connectivity index (χ0v) is 19.8. The Hall–Kier alpha value is -4.30. The van der Waals surface area contributed by atoms with Crippen LogP contribution in [0.2, 0.25) is 0 Å². The number of benzene rings is 2. The Bertz CT molecular complexity index is 1360. The number of hydrogen-bond acceptors (Lipinski definition) is 6. The number of nitrogens with one attached hydrogen (secondary N) is 1. The molecular formula is C28H27N3O5. The maximum Gasteiger partial charge on any atom is 0.336 e. The second kappa shape index (κ2) is 11.4. The van der Waals surface area contributed by atoms with Gasteiger partial charge in [-0.2, -0.15) is 0 Å². The first-order chi connectivity index (χ1) is 17.4. The van der Waals surface area contributed by atoms with E-state index in [0.717, 1.165) is 29.5 Å². The molecule has 4 rings (SSSR count). The minimum Gasteiger partial charge on any atom is -0.508 e. The van der Waals surface area contributed by atoms with Crippen molar-refractivity contribution in [3.05, 3.63) is 101 Å². The molecule has 3 N–H and O–H groups in total. The predicted molar refractivity (Wildman–Crippen MR) is 135 cm³/mol. The topological polar surface area (TPSA) is 122 Å². The summed E-state index contributed by atoms with van der Waals surface area (Å²) in [6.07, 6.45) is 5.51. The van der Waals surface area contributed by atoms with Crippen molar-refractivity contribution in [3.8, 4) is 5.75 Å². The van der Waals surface area contributed by atoms with Gasteiger partial charge in [0.2, 0.25) is 0 Å². The fraction of sp³-hybridized carbons (Fsp3) is 0.214. The first kappa shape index (κ1) is 24.8. The molecule has 2 heterocycles. The number of hydrogen-bond donors (Lipinski definition) is 3. The highest BCUT2D eigenvalue weighted by Crippen LogP contribution is 2.22. The molecule has 0 saturated carbocycles. The Morgan fingerprint density at radius 2 is 1.75 bits per heavy atom. The summed E-state index contributed by atoms with van der Waals surface area (Å²) in [6, 6.07) is 17.0. The number of phenols is 1. The van der Waals surface area contributed by atoms with Crippen molar-refractivity contribution in [3.63, 3.8) is 0 Å². The minimum absolute atomic E-state index is 0.0230. The third-order valence-corrected chi connectivity index (χ3v) is 5.88. The van der Waals surface area contributed by atoms with E-state index in [1.165, 1.54) is 6.07 Å². The maximum atomic E-state index is 13.1. The van der Waals surface area contributed by atoms with E-state index in [4.69, 9.17) is 4.74 Å². The molecule has 0 bridgehead atoms. The zero-order chi connectivity index (χ0) is 25.5. The van der Waals surface area contributed by atoms with Crippen LogP contribution in [0.15, 0.2) is 73.1 Å². The number of pyridine rings is 2. The Morgan fingerprint density at radius 1 is 1.00 bits per heavy atom. The number of fused-ring (bicyclic) bond motifs is 1. The molecule has 2 aromatic carbocycles. The van der Waals surface area contributed by atoms with Gasteiger partial charge in [0.05, 0.1) is 23.7 Å². The highest BCUT2D eigenvalue weighted by Gasteiger charge is 2.20. The number of carboxylic acid groups (broad SMARTS) is 1. The van der Waals surface area contributed by atoms with Gasteiger partial charge >= 0.3 is 5.97 Å². The molecule has 1 unspecified atom stereocenters. The average molecular weight is 486 g/mol. The van der Waals surface area contributed by atoms with Gasteiger partial charge in [0.1, 0.15) is 11.4 Å². The smallest absolute Gasteiger partial charge is 0.336 e. The van der Waals surface area contributed by atoms with Crippen LogP contribution in [-0.4, -0.2) is 51.8 Å². The monoisotopic (exact) mass is 485 g/mol. The van der Waals surface area contributed by atoms with Gasteiger partial charge in [0, 0.05) is 24.9 Å². The van der Waals surface area contributed by atoms with E-state index >= 15 is 0 Å². The lowest BCUT2D eigenvalue weighted by Gasteiger charge is -2.18.